The Bertz CT molecular complexity index is 337. The average Bonchev–Trinajstić information content (AvgIpc) is 2.45. The van der Waals surface area contributed by atoms with E-state index in [1.807, 2.05) is 20.8 Å². The topological polar surface area (TPSA) is 64.3 Å². The molecule has 4 nitrogen and oxygen atoms in total. The van der Waals surface area contributed by atoms with Crippen molar-refractivity contribution in [3.05, 3.63) is 0 Å². The second kappa shape index (κ2) is 4.41. The molecule has 4 heteroatoms. The Labute approximate surface area is 110 Å². The van der Waals surface area contributed by atoms with Crippen LogP contribution in [0.5, 0.6) is 0 Å². The first-order valence-electron chi connectivity index (χ1n) is 6.98. The minimum absolute atomic E-state index is 0.0356. The molecule has 1 amide bonds. The predicted octanol–water partition coefficient (Wildman–Crippen LogP) is 2.56. The molecule has 18 heavy (non-hydrogen) atoms. The van der Waals surface area contributed by atoms with Crippen molar-refractivity contribution in [3.63, 3.8) is 0 Å². The number of alkyl carbamates (subject to hydrolysis) is 1. The normalized spacial score (nSPS) is 35.3. The van der Waals surface area contributed by atoms with Crippen LogP contribution in [0.4, 0.5) is 4.79 Å². The van der Waals surface area contributed by atoms with E-state index in [1.54, 1.807) is 0 Å². The van der Waals surface area contributed by atoms with Crippen molar-refractivity contribution in [1.29, 1.82) is 0 Å². The lowest BCUT2D eigenvalue weighted by Crippen LogP contribution is -2.45. The molecule has 0 spiro atoms. The average molecular weight is 254 g/mol. The maximum Gasteiger partial charge on any atom is 0.407 e. The molecular weight excluding hydrogens is 228 g/mol. The fourth-order valence-electron chi connectivity index (χ4n) is 3.49. The number of hydrogen-bond donors (Lipinski definition) is 2. The third-order valence-electron chi connectivity index (χ3n) is 4.27. The molecule has 2 atom stereocenters. The third kappa shape index (κ3) is 3.16. The monoisotopic (exact) mass is 254 g/mol. The van der Waals surface area contributed by atoms with E-state index in [4.69, 9.17) is 10.5 Å². The molecule has 0 aromatic heterocycles. The van der Waals surface area contributed by atoms with Gasteiger partial charge in [-0.1, -0.05) is 6.42 Å². The number of hydrogen-bond acceptors (Lipinski definition) is 3. The number of nitrogens with two attached hydrogens (primary N) is 1. The van der Waals surface area contributed by atoms with Crippen molar-refractivity contribution in [2.45, 2.75) is 70.4 Å². The highest BCUT2D eigenvalue weighted by Gasteiger charge is 2.48. The molecule has 0 heterocycles. The van der Waals surface area contributed by atoms with Crippen LogP contribution in [-0.4, -0.2) is 23.8 Å². The summed E-state index contributed by atoms with van der Waals surface area (Å²) in [6, 6.07) is 0. The zero-order valence-electron chi connectivity index (χ0n) is 11.8. The van der Waals surface area contributed by atoms with E-state index in [1.165, 1.54) is 12.8 Å². The summed E-state index contributed by atoms with van der Waals surface area (Å²) < 4.78 is 5.28. The number of amides is 1. The number of fused-ring (bicyclic) bond motifs is 2. The van der Waals surface area contributed by atoms with Crippen LogP contribution in [0, 0.1) is 5.41 Å². The van der Waals surface area contributed by atoms with Crippen molar-refractivity contribution in [2.24, 2.45) is 11.1 Å². The standard InChI is InChI=1S/C14H26N2O2/c1-12(2,3)18-11(17)16-10-13-5-4-6-14(15,9-13)8-7-13/h4-10,15H2,1-3H3,(H,16,17). The zero-order chi connectivity index (χ0) is 13.4. The van der Waals surface area contributed by atoms with E-state index < -0.39 is 5.60 Å². The summed E-state index contributed by atoms with van der Waals surface area (Å²) >= 11 is 0. The minimum Gasteiger partial charge on any atom is -0.444 e. The van der Waals surface area contributed by atoms with Gasteiger partial charge in [0, 0.05) is 12.1 Å². The maximum atomic E-state index is 11.7. The molecule has 0 aromatic carbocycles. The fraction of sp³-hybridized carbons (Fsp3) is 0.929. The Morgan fingerprint density at radius 3 is 2.67 bits per heavy atom. The van der Waals surface area contributed by atoms with Crippen LogP contribution >= 0.6 is 0 Å². The molecule has 2 bridgehead atoms. The van der Waals surface area contributed by atoms with Crippen molar-refractivity contribution >= 4 is 6.09 Å². The van der Waals surface area contributed by atoms with Crippen LogP contribution in [0.25, 0.3) is 0 Å². The summed E-state index contributed by atoms with van der Waals surface area (Å²) in [6.45, 7) is 6.35. The molecule has 0 saturated heterocycles. The molecular formula is C14H26N2O2. The number of rotatable bonds is 2. The van der Waals surface area contributed by atoms with Gasteiger partial charge in [0.2, 0.25) is 0 Å². The van der Waals surface area contributed by atoms with E-state index in [0.29, 0.717) is 6.54 Å². The molecule has 2 fully saturated rings. The van der Waals surface area contributed by atoms with Gasteiger partial charge in [0.25, 0.3) is 0 Å². The molecule has 2 rings (SSSR count). The second-order valence-corrected chi connectivity index (χ2v) is 7.25. The lowest BCUT2D eigenvalue weighted by atomic mass is 9.73. The Morgan fingerprint density at radius 2 is 2.00 bits per heavy atom. The van der Waals surface area contributed by atoms with Gasteiger partial charge in [-0.25, -0.2) is 4.79 Å². The van der Waals surface area contributed by atoms with Gasteiger partial charge >= 0.3 is 6.09 Å². The summed E-state index contributed by atoms with van der Waals surface area (Å²) in [5.74, 6) is 0. The number of ether oxygens (including phenoxy) is 1. The van der Waals surface area contributed by atoms with Gasteiger partial charge in [-0.2, -0.15) is 0 Å². The first kappa shape index (κ1) is 13.7. The van der Waals surface area contributed by atoms with E-state index in [0.717, 1.165) is 25.7 Å². The van der Waals surface area contributed by atoms with E-state index in [2.05, 4.69) is 5.32 Å². The van der Waals surface area contributed by atoms with E-state index in [-0.39, 0.29) is 17.0 Å². The van der Waals surface area contributed by atoms with Crippen LogP contribution in [0.1, 0.15) is 59.3 Å². The van der Waals surface area contributed by atoms with Crippen LogP contribution < -0.4 is 11.1 Å². The highest BCUT2D eigenvalue weighted by atomic mass is 16.6. The highest BCUT2D eigenvalue weighted by Crippen LogP contribution is 2.52. The molecule has 104 valence electrons. The molecule has 0 radical (unpaired) electrons. The third-order valence-corrected chi connectivity index (χ3v) is 4.27. The number of nitrogens with one attached hydrogen (secondary N) is 1. The Kier molecular flexibility index (Phi) is 3.34. The Hall–Kier alpha value is -0.770. The Balaban J connectivity index is 1.85. The van der Waals surface area contributed by atoms with Crippen LogP contribution in [0.15, 0.2) is 0 Å². The lowest BCUT2D eigenvalue weighted by molar-refractivity contribution is 0.0487. The first-order chi connectivity index (χ1) is 8.22. The van der Waals surface area contributed by atoms with E-state index in [9.17, 15) is 4.79 Å². The SMILES string of the molecule is CC(C)(C)OC(=O)NCC12CCCC(N)(CC1)C2. The summed E-state index contributed by atoms with van der Waals surface area (Å²) in [7, 11) is 0. The predicted molar refractivity (Wildman–Crippen MR) is 71.3 cm³/mol. The molecule has 2 aliphatic rings. The number of carbonyl (C=O) groups excluding carboxylic acids is 1. The fourth-order valence-corrected chi connectivity index (χ4v) is 3.49. The van der Waals surface area contributed by atoms with Crippen molar-refractivity contribution in [3.8, 4) is 0 Å². The summed E-state index contributed by atoms with van der Waals surface area (Å²) in [5.41, 5.74) is 6.18. The second-order valence-electron chi connectivity index (χ2n) is 7.25. The number of carbonyl (C=O) groups is 1. The molecule has 3 N–H and O–H groups in total. The smallest absolute Gasteiger partial charge is 0.407 e. The molecule has 0 aromatic rings. The van der Waals surface area contributed by atoms with Gasteiger partial charge in [0.05, 0.1) is 0 Å². The quantitative estimate of drug-likeness (QED) is 0.796. The van der Waals surface area contributed by atoms with Gasteiger partial charge in [-0.15, -0.1) is 0 Å². The Morgan fingerprint density at radius 1 is 1.28 bits per heavy atom. The summed E-state index contributed by atoms with van der Waals surface area (Å²) in [6.07, 6.45) is 6.49. The van der Waals surface area contributed by atoms with Crippen LogP contribution in [0.2, 0.25) is 0 Å². The summed E-state index contributed by atoms with van der Waals surface area (Å²) in [5, 5.41) is 2.93. The van der Waals surface area contributed by atoms with Gasteiger partial charge in [0.15, 0.2) is 0 Å². The molecule has 2 aliphatic carbocycles. The zero-order valence-corrected chi connectivity index (χ0v) is 11.8. The molecule has 0 aliphatic heterocycles. The summed E-state index contributed by atoms with van der Waals surface area (Å²) in [4.78, 5) is 11.7. The van der Waals surface area contributed by atoms with Crippen LogP contribution in [0.3, 0.4) is 0 Å². The largest absolute Gasteiger partial charge is 0.444 e. The molecule has 2 saturated carbocycles. The van der Waals surface area contributed by atoms with Gasteiger partial charge in [0.1, 0.15) is 5.60 Å². The van der Waals surface area contributed by atoms with E-state index >= 15 is 0 Å². The van der Waals surface area contributed by atoms with Gasteiger partial charge < -0.3 is 15.8 Å². The first-order valence-corrected chi connectivity index (χ1v) is 6.98. The van der Waals surface area contributed by atoms with Crippen molar-refractivity contribution in [2.75, 3.05) is 6.54 Å². The highest BCUT2D eigenvalue weighted by molar-refractivity contribution is 5.67. The lowest BCUT2D eigenvalue weighted by Gasteiger charge is -2.37. The van der Waals surface area contributed by atoms with Crippen LogP contribution in [-0.2, 0) is 4.74 Å². The minimum atomic E-state index is -0.429. The maximum absolute atomic E-state index is 11.7. The van der Waals surface area contributed by atoms with Crippen molar-refractivity contribution < 1.29 is 9.53 Å². The van der Waals surface area contributed by atoms with Gasteiger partial charge in [-0.05, 0) is 58.3 Å². The molecule has 2 unspecified atom stereocenters. The van der Waals surface area contributed by atoms with Gasteiger partial charge in [-0.3, -0.25) is 0 Å². The van der Waals surface area contributed by atoms with Crippen molar-refractivity contribution in [1.82, 2.24) is 5.32 Å².